The van der Waals surface area contributed by atoms with Gasteiger partial charge in [0.05, 0.1) is 9.41 Å². The van der Waals surface area contributed by atoms with Gasteiger partial charge in [-0.05, 0) is 39.9 Å². The average Bonchev–Trinajstić information content (AvgIpc) is 3.19. The van der Waals surface area contributed by atoms with E-state index in [1.165, 1.54) is 33.3 Å². The summed E-state index contributed by atoms with van der Waals surface area (Å²) >= 11 is 4.33. The molecule has 0 amide bonds. The van der Waals surface area contributed by atoms with Crippen molar-refractivity contribution >= 4 is 51.9 Å². The minimum absolute atomic E-state index is 0.0658. The van der Waals surface area contributed by atoms with Crippen molar-refractivity contribution in [1.29, 1.82) is 0 Å². The summed E-state index contributed by atoms with van der Waals surface area (Å²) in [7, 11) is 1.69. The molecule has 3 heterocycles. The molecule has 0 bridgehead atoms. The fourth-order valence-electron chi connectivity index (χ4n) is 1.82. The van der Waals surface area contributed by atoms with E-state index in [1.807, 2.05) is 34.3 Å². The van der Waals surface area contributed by atoms with Crippen LogP contribution in [-0.4, -0.2) is 10.4 Å². The number of hydrogen-bond acceptors (Lipinski definition) is 5. The summed E-state index contributed by atoms with van der Waals surface area (Å²) in [6.07, 6.45) is 3.39. The van der Waals surface area contributed by atoms with Crippen LogP contribution in [0.1, 0.15) is 15.2 Å². The molecule has 0 N–H and O–H groups in total. The van der Waals surface area contributed by atoms with Gasteiger partial charge in [-0.2, -0.15) is 11.3 Å². The van der Waals surface area contributed by atoms with E-state index in [9.17, 15) is 9.59 Å². The summed E-state index contributed by atoms with van der Waals surface area (Å²) in [4.78, 5) is 25.0. The molecule has 0 atom stereocenters. The first-order valence-corrected chi connectivity index (χ1v) is 8.78. The molecule has 0 radical (unpaired) electrons. The van der Waals surface area contributed by atoms with Crippen LogP contribution >= 0.6 is 34.0 Å². The Labute approximate surface area is 132 Å². The molecular formula is C15H11NO2S3. The first-order chi connectivity index (χ1) is 10.1. The fraction of sp³-hybridized carbons (Fsp3) is 0.0667. The molecule has 6 heteroatoms. The summed E-state index contributed by atoms with van der Waals surface area (Å²) < 4.78 is 2.83. The lowest BCUT2D eigenvalue weighted by Crippen LogP contribution is -2.29. The second kappa shape index (κ2) is 5.93. The van der Waals surface area contributed by atoms with Crippen LogP contribution < -0.4 is 14.8 Å². The van der Waals surface area contributed by atoms with Crippen molar-refractivity contribution in [2.45, 2.75) is 0 Å². The number of aromatic nitrogens is 1. The fourth-order valence-corrected chi connectivity index (χ4v) is 4.10. The van der Waals surface area contributed by atoms with Gasteiger partial charge in [0.2, 0.25) is 0 Å². The lowest BCUT2D eigenvalue weighted by atomic mass is 10.3. The third-order valence-corrected chi connectivity index (χ3v) is 5.62. The molecule has 3 aromatic heterocycles. The molecule has 0 unspecified atom stereocenters. The zero-order chi connectivity index (χ0) is 14.8. The van der Waals surface area contributed by atoms with Crippen LogP contribution in [0.2, 0.25) is 0 Å². The third kappa shape index (κ3) is 2.97. The Morgan fingerprint density at radius 2 is 2.14 bits per heavy atom. The van der Waals surface area contributed by atoms with Crippen LogP contribution in [0.5, 0.6) is 0 Å². The normalized spacial score (nSPS) is 13.0. The molecule has 0 aliphatic rings. The molecule has 106 valence electrons. The minimum atomic E-state index is -0.0728. The highest BCUT2D eigenvalue weighted by atomic mass is 32.1. The summed E-state index contributed by atoms with van der Waals surface area (Å²) in [6, 6.07) is 5.59. The van der Waals surface area contributed by atoms with Crippen molar-refractivity contribution in [2.24, 2.45) is 7.05 Å². The summed E-state index contributed by atoms with van der Waals surface area (Å²) in [6.45, 7) is 0. The van der Waals surface area contributed by atoms with E-state index < -0.39 is 0 Å². The van der Waals surface area contributed by atoms with Gasteiger partial charge in [-0.15, -0.1) is 22.7 Å². The largest absolute Gasteiger partial charge is 0.302 e. The molecular weight excluding hydrogens is 322 g/mol. The number of ketones is 1. The first-order valence-electron chi connectivity index (χ1n) is 6.14. The number of thiazole rings is 1. The maximum atomic E-state index is 12.2. The zero-order valence-electron chi connectivity index (χ0n) is 11.1. The van der Waals surface area contributed by atoms with Crippen molar-refractivity contribution in [3.05, 3.63) is 64.3 Å². The Kier molecular flexibility index (Phi) is 4.01. The second-order valence-electron chi connectivity index (χ2n) is 4.36. The molecule has 0 fully saturated rings. The predicted octanol–water partition coefficient (Wildman–Crippen LogP) is 2.06. The SMILES string of the molecule is Cn1c(=O)/c(=C\c2ccsc2)s/c1=C\C(=O)c1cccs1. The van der Waals surface area contributed by atoms with Gasteiger partial charge < -0.3 is 4.57 Å². The molecule has 3 aromatic rings. The van der Waals surface area contributed by atoms with Gasteiger partial charge in [-0.3, -0.25) is 9.59 Å². The van der Waals surface area contributed by atoms with E-state index >= 15 is 0 Å². The van der Waals surface area contributed by atoms with Gasteiger partial charge in [-0.1, -0.05) is 6.07 Å². The van der Waals surface area contributed by atoms with Crippen molar-refractivity contribution in [3.8, 4) is 0 Å². The number of hydrogen-bond donors (Lipinski definition) is 0. The van der Waals surface area contributed by atoms with E-state index in [4.69, 9.17) is 0 Å². The maximum Gasteiger partial charge on any atom is 0.268 e. The monoisotopic (exact) mass is 333 g/mol. The van der Waals surface area contributed by atoms with Gasteiger partial charge in [0.15, 0.2) is 5.78 Å². The molecule has 0 aliphatic heterocycles. The van der Waals surface area contributed by atoms with Crippen molar-refractivity contribution in [3.63, 3.8) is 0 Å². The topological polar surface area (TPSA) is 39.1 Å². The molecule has 0 aromatic carbocycles. The summed E-state index contributed by atoms with van der Waals surface area (Å²) in [5.74, 6) is -0.0658. The Morgan fingerprint density at radius 3 is 2.81 bits per heavy atom. The van der Waals surface area contributed by atoms with Crippen molar-refractivity contribution < 1.29 is 4.79 Å². The van der Waals surface area contributed by atoms with Crippen LogP contribution in [-0.2, 0) is 7.05 Å². The number of rotatable bonds is 3. The Balaban J connectivity index is 2.10. The molecule has 3 rings (SSSR count). The van der Waals surface area contributed by atoms with E-state index in [-0.39, 0.29) is 11.3 Å². The molecule has 3 nitrogen and oxygen atoms in total. The molecule has 0 spiro atoms. The number of carbonyl (C=O) groups excluding carboxylic acids is 1. The highest BCUT2D eigenvalue weighted by Crippen LogP contribution is 2.09. The number of Topliss-reactive ketones (excluding diaryl/α,β-unsaturated/α-hetero) is 1. The van der Waals surface area contributed by atoms with Gasteiger partial charge in [0.1, 0.15) is 4.66 Å². The number of thiophene rings is 2. The summed E-state index contributed by atoms with van der Waals surface area (Å²) in [5.41, 5.74) is 0.937. The zero-order valence-corrected chi connectivity index (χ0v) is 13.6. The van der Waals surface area contributed by atoms with Crippen molar-refractivity contribution in [1.82, 2.24) is 4.57 Å². The van der Waals surface area contributed by atoms with E-state index in [0.717, 1.165) is 5.56 Å². The van der Waals surface area contributed by atoms with Gasteiger partial charge in [0.25, 0.3) is 5.56 Å². The van der Waals surface area contributed by atoms with Gasteiger partial charge in [-0.25, -0.2) is 0 Å². The average molecular weight is 333 g/mol. The Morgan fingerprint density at radius 1 is 1.29 bits per heavy atom. The van der Waals surface area contributed by atoms with Gasteiger partial charge >= 0.3 is 0 Å². The summed E-state index contributed by atoms with van der Waals surface area (Å²) in [5, 5.41) is 5.82. The third-order valence-electron chi connectivity index (χ3n) is 2.92. The van der Waals surface area contributed by atoms with E-state index in [2.05, 4.69) is 0 Å². The molecule has 21 heavy (non-hydrogen) atoms. The van der Waals surface area contributed by atoms with E-state index in [0.29, 0.717) is 14.1 Å². The number of nitrogens with zero attached hydrogens (tertiary/aromatic N) is 1. The van der Waals surface area contributed by atoms with E-state index in [1.54, 1.807) is 24.5 Å². The molecule has 0 saturated heterocycles. The Bertz CT molecular complexity index is 928. The second-order valence-corrected chi connectivity index (χ2v) is 7.15. The van der Waals surface area contributed by atoms with Crippen LogP contribution in [0.15, 0.2) is 39.1 Å². The first kappa shape index (κ1) is 14.2. The van der Waals surface area contributed by atoms with Crippen LogP contribution in [0.4, 0.5) is 0 Å². The van der Waals surface area contributed by atoms with Crippen LogP contribution in [0.3, 0.4) is 0 Å². The van der Waals surface area contributed by atoms with Crippen LogP contribution in [0, 0.1) is 0 Å². The van der Waals surface area contributed by atoms with Crippen molar-refractivity contribution in [2.75, 3.05) is 0 Å². The highest BCUT2D eigenvalue weighted by Gasteiger charge is 2.06. The van der Waals surface area contributed by atoms with Crippen LogP contribution in [0.25, 0.3) is 12.2 Å². The smallest absolute Gasteiger partial charge is 0.268 e. The molecule has 0 aliphatic carbocycles. The quantitative estimate of drug-likeness (QED) is 0.688. The standard InChI is InChI=1S/C15H11NO2S3/c1-16-14(8-11(17)12-3-2-5-20-12)21-13(15(16)18)7-10-4-6-19-9-10/h2-9H,1H3/b13-7+,14-8-. The minimum Gasteiger partial charge on any atom is -0.302 e. The Hall–Kier alpha value is -1.76. The van der Waals surface area contributed by atoms with Gasteiger partial charge in [0, 0.05) is 13.1 Å². The number of carbonyl (C=O) groups is 1. The maximum absolute atomic E-state index is 12.2. The molecule has 0 saturated carbocycles. The highest BCUT2D eigenvalue weighted by molar-refractivity contribution is 7.12. The lowest BCUT2D eigenvalue weighted by molar-refractivity contribution is 0.106. The lowest BCUT2D eigenvalue weighted by Gasteiger charge is -1.89. The predicted molar refractivity (Wildman–Crippen MR) is 89.8 cm³/mol.